The van der Waals surface area contributed by atoms with Crippen LogP contribution in [0.15, 0.2) is 24.3 Å². The fourth-order valence-electron chi connectivity index (χ4n) is 2.97. The van der Waals surface area contributed by atoms with Crippen molar-refractivity contribution in [2.45, 2.75) is 45.4 Å². The van der Waals surface area contributed by atoms with Crippen LogP contribution >= 0.6 is 11.6 Å². The molecule has 0 atom stereocenters. The van der Waals surface area contributed by atoms with Crippen LogP contribution in [-0.2, 0) is 6.42 Å². The monoisotopic (exact) mass is 261 g/mol. The number of hydrogen-bond donors (Lipinski definition) is 0. The zero-order valence-electron chi connectivity index (χ0n) is 11.0. The van der Waals surface area contributed by atoms with Crippen LogP contribution in [0.5, 0.6) is 0 Å². The van der Waals surface area contributed by atoms with Crippen molar-refractivity contribution in [1.29, 1.82) is 5.26 Å². The zero-order valence-corrected chi connectivity index (χ0v) is 11.7. The Bertz CT molecular complexity index is 439. The van der Waals surface area contributed by atoms with Crippen molar-refractivity contribution in [2.24, 2.45) is 11.3 Å². The Balaban J connectivity index is 2.11. The van der Waals surface area contributed by atoms with E-state index in [1.54, 1.807) is 0 Å². The third-order valence-corrected chi connectivity index (χ3v) is 4.73. The summed E-state index contributed by atoms with van der Waals surface area (Å²) in [6, 6.07) is 10.5. The second-order valence-electron chi connectivity index (χ2n) is 5.51. The molecule has 1 saturated carbocycles. The maximum absolute atomic E-state index is 9.56. The fourth-order valence-corrected chi connectivity index (χ4v) is 3.18. The first-order valence-electron chi connectivity index (χ1n) is 6.84. The first-order chi connectivity index (χ1) is 8.69. The van der Waals surface area contributed by atoms with E-state index in [4.69, 9.17) is 11.6 Å². The quantitative estimate of drug-likeness (QED) is 0.752. The minimum Gasteiger partial charge on any atom is -0.198 e. The normalized spacial score (nSPS) is 27.7. The van der Waals surface area contributed by atoms with Crippen LogP contribution in [-0.4, -0.2) is 0 Å². The first kappa shape index (κ1) is 13.4. The van der Waals surface area contributed by atoms with Gasteiger partial charge >= 0.3 is 0 Å². The van der Waals surface area contributed by atoms with Gasteiger partial charge in [0.1, 0.15) is 0 Å². The van der Waals surface area contributed by atoms with Gasteiger partial charge in [-0.15, -0.1) is 0 Å². The molecule has 1 nitrogen and oxygen atoms in total. The lowest BCUT2D eigenvalue weighted by molar-refractivity contribution is 0.205. The minimum atomic E-state index is -0.184. The Labute approximate surface area is 115 Å². The summed E-state index contributed by atoms with van der Waals surface area (Å²) in [5.74, 6) is 0.817. The Kier molecular flexibility index (Phi) is 4.30. The van der Waals surface area contributed by atoms with E-state index in [2.05, 4.69) is 13.0 Å². The number of hydrogen-bond acceptors (Lipinski definition) is 1. The maximum atomic E-state index is 9.56. The molecule has 0 spiro atoms. The molecule has 0 N–H and O–H groups in total. The van der Waals surface area contributed by atoms with Gasteiger partial charge in [-0.2, -0.15) is 5.26 Å². The molecular weight excluding hydrogens is 242 g/mol. The van der Waals surface area contributed by atoms with Gasteiger partial charge in [0.25, 0.3) is 0 Å². The molecule has 1 aromatic carbocycles. The molecule has 0 aromatic heterocycles. The summed E-state index contributed by atoms with van der Waals surface area (Å²) in [7, 11) is 0. The van der Waals surface area contributed by atoms with Crippen molar-refractivity contribution >= 4 is 11.6 Å². The topological polar surface area (TPSA) is 23.8 Å². The average Bonchev–Trinajstić information content (AvgIpc) is 2.42. The molecule has 1 aliphatic rings. The van der Waals surface area contributed by atoms with Crippen molar-refractivity contribution in [2.75, 3.05) is 0 Å². The molecule has 18 heavy (non-hydrogen) atoms. The van der Waals surface area contributed by atoms with Gasteiger partial charge in [-0.25, -0.2) is 0 Å². The third-order valence-electron chi connectivity index (χ3n) is 4.36. The van der Waals surface area contributed by atoms with Crippen molar-refractivity contribution in [1.82, 2.24) is 0 Å². The van der Waals surface area contributed by atoms with E-state index in [0.29, 0.717) is 0 Å². The Morgan fingerprint density at radius 1 is 1.33 bits per heavy atom. The number of benzene rings is 1. The van der Waals surface area contributed by atoms with Crippen LogP contribution in [0.1, 0.15) is 44.6 Å². The van der Waals surface area contributed by atoms with E-state index in [-0.39, 0.29) is 5.41 Å². The molecule has 0 bridgehead atoms. The van der Waals surface area contributed by atoms with Gasteiger partial charge in [-0.3, -0.25) is 0 Å². The molecule has 1 aromatic rings. The van der Waals surface area contributed by atoms with Gasteiger partial charge < -0.3 is 0 Å². The van der Waals surface area contributed by atoms with Crippen molar-refractivity contribution in [3.63, 3.8) is 0 Å². The summed E-state index contributed by atoms with van der Waals surface area (Å²) in [6.45, 7) is 2.25. The first-order valence-corrected chi connectivity index (χ1v) is 7.21. The molecule has 1 fully saturated rings. The largest absolute Gasteiger partial charge is 0.198 e. The number of halogens is 1. The highest BCUT2D eigenvalue weighted by molar-refractivity contribution is 6.31. The Morgan fingerprint density at radius 2 is 2.00 bits per heavy atom. The van der Waals surface area contributed by atoms with E-state index < -0.39 is 0 Å². The van der Waals surface area contributed by atoms with Crippen LogP contribution in [0.25, 0.3) is 0 Å². The summed E-state index contributed by atoms with van der Waals surface area (Å²) in [5, 5.41) is 10.4. The lowest BCUT2D eigenvalue weighted by atomic mass is 9.68. The number of rotatable bonds is 3. The minimum absolute atomic E-state index is 0.184. The molecule has 2 rings (SSSR count). The number of nitriles is 1. The van der Waals surface area contributed by atoms with Gasteiger partial charge in [0.2, 0.25) is 0 Å². The molecule has 0 unspecified atom stereocenters. The van der Waals surface area contributed by atoms with E-state index in [9.17, 15) is 5.26 Å². The van der Waals surface area contributed by atoms with Gasteiger partial charge in [-0.05, 0) is 49.7 Å². The molecule has 1 aliphatic carbocycles. The van der Waals surface area contributed by atoms with Crippen LogP contribution in [0.4, 0.5) is 0 Å². The molecule has 0 radical (unpaired) electrons. The van der Waals surface area contributed by atoms with Crippen molar-refractivity contribution in [3.05, 3.63) is 34.9 Å². The van der Waals surface area contributed by atoms with E-state index in [0.717, 1.165) is 35.8 Å². The Morgan fingerprint density at radius 3 is 2.56 bits per heavy atom. The molecule has 0 amide bonds. The summed E-state index contributed by atoms with van der Waals surface area (Å²) in [4.78, 5) is 0. The van der Waals surface area contributed by atoms with E-state index >= 15 is 0 Å². The molecule has 96 valence electrons. The highest BCUT2D eigenvalue weighted by Crippen LogP contribution is 2.42. The van der Waals surface area contributed by atoms with Crippen LogP contribution in [0, 0.1) is 22.7 Å². The highest BCUT2D eigenvalue weighted by atomic mass is 35.5. The van der Waals surface area contributed by atoms with Crippen LogP contribution < -0.4 is 0 Å². The van der Waals surface area contributed by atoms with Crippen molar-refractivity contribution in [3.8, 4) is 6.07 Å². The smallest absolute Gasteiger partial charge is 0.0693 e. The molecule has 2 heteroatoms. The molecule has 0 saturated heterocycles. The summed E-state index contributed by atoms with van der Waals surface area (Å²) in [6.07, 6.45) is 6.47. The van der Waals surface area contributed by atoms with E-state index in [1.807, 2.05) is 24.3 Å². The Hall–Kier alpha value is -1.00. The summed E-state index contributed by atoms with van der Waals surface area (Å²) < 4.78 is 0. The van der Waals surface area contributed by atoms with Gasteiger partial charge in [-0.1, -0.05) is 43.1 Å². The second kappa shape index (κ2) is 5.76. The predicted molar refractivity (Wildman–Crippen MR) is 75.5 cm³/mol. The summed E-state index contributed by atoms with van der Waals surface area (Å²) >= 11 is 6.21. The van der Waals surface area contributed by atoms with Gasteiger partial charge in [0.15, 0.2) is 0 Å². The molecule has 0 aliphatic heterocycles. The van der Waals surface area contributed by atoms with Crippen LogP contribution in [0.3, 0.4) is 0 Å². The highest BCUT2D eigenvalue weighted by Gasteiger charge is 2.35. The second-order valence-corrected chi connectivity index (χ2v) is 5.92. The third kappa shape index (κ3) is 2.87. The molecular formula is C16H20ClN. The van der Waals surface area contributed by atoms with E-state index in [1.165, 1.54) is 19.3 Å². The number of nitrogens with zero attached hydrogens (tertiary/aromatic N) is 1. The average molecular weight is 262 g/mol. The lowest BCUT2D eigenvalue weighted by Crippen LogP contribution is -2.28. The van der Waals surface area contributed by atoms with Crippen molar-refractivity contribution < 1.29 is 0 Å². The maximum Gasteiger partial charge on any atom is 0.0693 e. The van der Waals surface area contributed by atoms with Gasteiger partial charge in [0.05, 0.1) is 11.5 Å². The zero-order chi connectivity index (χ0) is 13.0. The summed E-state index contributed by atoms with van der Waals surface area (Å²) in [5.41, 5.74) is 0.937. The predicted octanol–water partition coefficient (Wildman–Crippen LogP) is 4.99. The van der Waals surface area contributed by atoms with Gasteiger partial charge in [0, 0.05) is 5.02 Å². The fraction of sp³-hybridized carbons (Fsp3) is 0.562. The lowest BCUT2D eigenvalue weighted by Gasteiger charge is -2.35. The SMILES string of the molecule is CCC1CCC(C#N)(Cc2ccccc2Cl)CC1. The standard InChI is InChI=1S/C16H20ClN/c1-2-13-7-9-16(12-18,10-8-13)11-14-5-3-4-6-15(14)17/h3-6,13H,2,7-11H2,1H3. The van der Waals surface area contributed by atoms with Crippen LogP contribution in [0.2, 0.25) is 5.02 Å². The molecule has 0 heterocycles.